The lowest BCUT2D eigenvalue weighted by atomic mass is 9.83. The van der Waals surface area contributed by atoms with E-state index in [4.69, 9.17) is 9.47 Å². The summed E-state index contributed by atoms with van der Waals surface area (Å²) in [6.45, 7) is -0.360. The van der Waals surface area contributed by atoms with Gasteiger partial charge in [0.05, 0.1) is 23.7 Å². The summed E-state index contributed by atoms with van der Waals surface area (Å²) in [5.41, 5.74) is 1.27. The Bertz CT molecular complexity index is 1760. The summed E-state index contributed by atoms with van der Waals surface area (Å²) >= 11 is 2.10. The van der Waals surface area contributed by atoms with Crippen molar-refractivity contribution in [1.29, 1.82) is 0 Å². The quantitative estimate of drug-likeness (QED) is 0.296. The molecule has 1 saturated heterocycles. The second kappa shape index (κ2) is 11.1. The highest BCUT2D eigenvalue weighted by Gasteiger charge is 2.56. The predicted molar refractivity (Wildman–Crippen MR) is 152 cm³/mol. The fraction of sp³-hybridized carbons (Fsp3) is 0.172. The van der Waals surface area contributed by atoms with Crippen molar-refractivity contribution in [2.75, 3.05) is 23.9 Å². The number of amides is 3. The van der Waals surface area contributed by atoms with E-state index in [1.807, 2.05) is 0 Å². The summed E-state index contributed by atoms with van der Waals surface area (Å²) in [5, 5.41) is 2.30. The summed E-state index contributed by atoms with van der Waals surface area (Å²) < 4.78 is 37.9. The molecule has 0 aliphatic carbocycles. The Hall–Kier alpha value is -4.49. The Morgan fingerprint density at radius 2 is 1.64 bits per heavy atom. The van der Waals surface area contributed by atoms with E-state index in [9.17, 15) is 28.0 Å². The molecule has 0 saturated carbocycles. The number of anilines is 2. The van der Waals surface area contributed by atoms with E-state index in [-0.39, 0.29) is 28.7 Å². The lowest BCUT2D eigenvalue weighted by Crippen LogP contribution is -2.32. The van der Waals surface area contributed by atoms with Crippen molar-refractivity contribution in [1.82, 2.24) is 4.98 Å². The summed E-state index contributed by atoms with van der Waals surface area (Å²) in [6, 6.07) is 15.3. The second-order valence-electron chi connectivity index (χ2n) is 9.49. The van der Waals surface area contributed by atoms with Crippen LogP contribution in [0, 0.1) is 17.6 Å². The molecule has 2 N–H and O–H groups in total. The van der Waals surface area contributed by atoms with Crippen molar-refractivity contribution < 1.29 is 32.6 Å². The summed E-state index contributed by atoms with van der Waals surface area (Å²) in [7, 11) is 1.42. The highest BCUT2D eigenvalue weighted by molar-refractivity contribution is 8.00. The zero-order valence-electron chi connectivity index (χ0n) is 21.8. The molecule has 1 fully saturated rings. The van der Waals surface area contributed by atoms with Gasteiger partial charge in [-0.2, -0.15) is 0 Å². The molecule has 1 aromatic heterocycles. The third-order valence-corrected chi connectivity index (χ3v) is 9.34. The lowest BCUT2D eigenvalue weighted by molar-refractivity contribution is -0.122. The minimum atomic E-state index is -0.843. The first-order valence-corrected chi connectivity index (χ1v) is 14.3. The Morgan fingerprint density at radius 1 is 0.952 bits per heavy atom. The third-order valence-electron chi connectivity index (χ3n) is 6.94. The number of carbonyl (C=O) groups excluding carboxylic acids is 3. The molecule has 0 bridgehead atoms. The largest absolute Gasteiger partial charge is 0.493 e. The monoisotopic (exact) mass is 609 g/mol. The van der Waals surface area contributed by atoms with E-state index >= 15 is 0 Å². The molecule has 6 rings (SSSR count). The first-order valence-electron chi connectivity index (χ1n) is 12.6. The van der Waals surface area contributed by atoms with Gasteiger partial charge < -0.3 is 19.8 Å². The van der Waals surface area contributed by atoms with E-state index in [1.54, 1.807) is 18.2 Å². The van der Waals surface area contributed by atoms with Gasteiger partial charge in [-0.3, -0.25) is 19.2 Å². The van der Waals surface area contributed by atoms with Crippen LogP contribution in [0.4, 0.5) is 20.2 Å². The van der Waals surface area contributed by atoms with Gasteiger partial charge in [0.2, 0.25) is 11.8 Å². The molecule has 2 unspecified atom stereocenters. The number of carbonyl (C=O) groups is 3. The average Bonchev–Trinajstić information content (AvgIpc) is 3.47. The number of nitrogens with zero attached hydrogens (tertiary/aromatic N) is 1. The van der Waals surface area contributed by atoms with E-state index in [2.05, 4.69) is 10.3 Å². The number of hydrogen-bond acceptors (Lipinski definition) is 8. The third kappa shape index (κ3) is 5.05. The Labute approximate surface area is 245 Å². The van der Waals surface area contributed by atoms with Crippen molar-refractivity contribution in [2.24, 2.45) is 5.92 Å². The van der Waals surface area contributed by atoms with Gasteiger partial charge >= 0.3 is 4.87 Å². The zero-order chi connectivity index (χ0) is 29.5. The molecule has 3 heterocycles. The molecule has 214 valence electrons. The number of hydrogen-bond donors (Lipinski definition) is 2. The van der Waals surface area contributed by atoms with Crippen LogP contribution in [0.2, 0.25) is 0 Å². The van der Waals surface area contributed by atoms with E-state index in [1.165, 1.54) is 55.6 Å². The summed E-state index contributed by atoms with van der Waals surface area (Å²) in [5.74, 6) is -3.30. The molecule has 9 nitrogen and oxygen atoms in total. The number of halogens is 2. The molecule has 3 amide bonds. The standard InChI is InChI=1S/C29H21F2N3O6S2/c1-39-20-12-14(2-11-19(20)40-13-21(35)32-17-7-3-15(30)4-8-17)22-23-25(41-26-24(22)42-29(38)33-26)28(37)34(27(23)36)18-9-5-16(31)6-10-18/h2-12,22-23,25H,13H2,1H3,(H,32,35)(H,33,38)/t22-,23?,25?/m1/s1. The first-order chi connectivity index (χ1) is 20.2. The van der Waals surface area contributed by atoms with Crippen LogP contribution >= 0.6 is 23.1 Å². The maximum atomic E-state index is 13.8. The fourth-order valence-corrected chi connectivity index (χ4v) is 7.61. The minimum absolute atomic E-state index is 0.251. The van der Waals surface area contributed by atoms with Crippen molar-refractivity contribution >= 4 is 52.2 Å². The number of thiazole rings is 1. The van der Waals surface area contributed by atoms with Gasteiger partial charge in [-0.05, 0) is 66.2 Å². The van der Waals surface area contributed by atoms with Crippen molar-refractivity contribution in [3.8, 4) is 11.5 Å². The number of aromatic amines is 1. The van der Waals surface area contributed by atoms with Gasteiger partial charge in [-0.15, -0.1) is 0 Å². The number of nitrogens with one attached hydrogen (secondary N) is 2. The van der Waals surface area contributed by atoms with Crippen molar-refractivity contribution in [2.45, 2.75) is 16.2 Å². The van der Waals surface area contributed by atoms with Gasteiger partial charge in [0.1, 0.15) is 16.9 Å². The number of imide groups is 1. The highest BCUT2D eigenvalue weighted by Crippen LogP contribution is 2.53. The van der Waals surface area contributed by atoms with E-state index < -0.39 is 46.4 Å². The molecule has 42 heavy (non-hydrogen) atoms. The van der Waals surface area contributed by atoms with Crippen LogP contribution in [0.25, 0.3) is 0 Å². The maximum Gasteiger partial charge on any atom is 0.305 e. The molecule has 3 aromatic carbocycles. The van der Waals surface area contributed by atoms with Crippen LogP contribution in [0.1, 0.15) is 16.4 Å². The van der Waals surface area contributed by atoms with Crippen LogP contribution in [0.15, 0.2) is 76.6 Å². The molecule has 0 radical (unpaired) electrons. The van der Waals surface area contributed by atoms with Crippen LogP contribution < -0.4 is 24.6 Å². The van der Waals surface area contributed by atoms with Gasteiger partial charge in [0.15, 0.2) is 18.1 Å². The highest BCUT2D eigenvalue weighted by atomic mass is 32.2. The lowest BCUT2D eigenvalue weighted by Gasteiger charge is -2.30. The van der Waals surface area contributed by atoms with E-state index in [0.717, 1.165) is 28.0 Å². The van der Waals surface area contributed by atoms with Crippen molar-refractivity contribution in [3.05, 3.63) is 98.5 Å². The summed E-state index contributed by atoms with van der Waals surface area (Å²) in [4.78, 5) is 56.2. The molecule has 2 aliphatic rings. The SMILES string of the molecule is COc1cc([C@H]2c3sc(=O)[nH]c3SC3C(=O)N(c4ccc(F)cc4)C(=O)C32)ccc1OCC(=O)Nc1ccc(F)cc1. The number of methoxy groups -OCH3 is 1. The van der Waals surface area contributed by atoms with Crippen LogP contribution in [-0.2, 0) is 14.4 Å². The minimum Gasteiger partial charge on any atom is -0.493 e. The van der Waals surface area contributed by atoms with Crippen LogP contribution in [-0.4, -0.2) is 41.7 Å². The van der Waals surface area contributed by atoms with Gasteiger partial charge in [0, 0.05) is 16.5 Å². The second-order valence-corrected chi connectivity index (χ2v) is 11.7. The number of benzene rings is 3. The number of aromatic nitrogens is 1. The molecule has 4 aromatic rings. The van der Waals surface area contributed by atoms with Gasteiger partial charge in [0.25, 0.3) is 5.91 Å². The smallest absolute Gasteiger partial charge is 0.305 e. The fourth-order valence-electron chi connectivity index (χ4n) is 5.09. The molecule has 13 heteroatoms. The normalized spacial score (nSPS) is 19.3. The average molecular weight is 610 g/mol. The van der Waals surface area contributed by atoms with Gasteiger partial charge in [-0.1, -0.05) is 29.2 Å². The zero-order valence-corrected chi connectivity index (χ0v) is 23.4. The molecular weight excluding hydrogens is 588 g/mol. The predicted octanol–water partition coefficient (Wildman–Crippen LogP) is 4.54. The van der Waals surface area contributed by atoms with Gasteiger partial charge in [-0.25, -0.2) is 13.7 Å². The first kappa shape index (κ1) is 27.7. The Balaban J connectivity index is 1.29. The number of ether oxygens (including phenoxy) is 2. The molecule has 2 aliphatic heterocycles. The maximum absolute atomic E-state index is 13.8. The van der Waals surface area contributed by atoms with E-state index in [0.29, 0.717) is 21.2 Å². The molecule has 0 spiro atoms. The summed E-state index contributed by atoms with van der Waals surface area (Å²) in [6.07, 6.45) is 0. The number of H-pyrrole nitrogens is 1. The topological polar surface area (TPSA) is 118 Å². The molecular formula is C29H21F2N3O6S2. The van der Waals surface area contributed by atoms with Crippen molar-refractivity contribution in [3.63, 3.8) is 0 Å². The number of thioether (sulfide) groups is 1. The Kier molecular flexibility index (Phi) is 7.29. The van der Waals surface area contributed by atoms with Crippen LogP contribution in [0.5, 0.6) is 11.5 Å². The van der Waals surface area contributed by atoms with Crippen LogP contribution in [0.3, 0.4) is 0 Å². The molecule has 3 atom stereocenters. The number of fused-ring (bicyclic) bond motifs is 2. The Morgan fingerprint density at radius 3 is 2.33 bits per heavy atom. The number of rotatable bonds is 7.